The third-order valence-corrected chi connectivity index (χ3v) is 5.39. The number of hydrogen-bond acceptors (Lipinski definition) is 2. The summed E-state index contributed by atoms with van der Waals surface area (Å²) in [5.74, 6) is -0.530. The molecule has 0 aliphatic carbocycles. The quantitative estimate of drug-likeness (QED) is 0.692. The molecule has 0 bridgehead atoms. The molecule has 1 heterocycles. The van der Waals surface area contributed by atoms with Gasteiger partial charge in [-0.25, -0.2) is 13.8 Å². The third-order valence-electron chi connectivity index (χ3n) is 3.38. The van der Waals surface area contributed by atoms with Crippen LogP contribution >= 0.6 is 0 Å². The van der Waals surface area contributed by atoms with E-state index in [1.54, 1.807) is 30.6 Å². The zero-order valence-electron chi connectivity index (χ0n) is 11.2. The smallest absolute Gasteiger partial charge is 0.168 e. The lowest BCUT2D eigenvalue weighted by Gasteiger charge is -2.17. The van der Waals surface area contributed by atoms with Crippen molar-refractivity contribution >= 4 is 9.68 Å². The Morgan fingerprint density at radius 1 is 0.857 bits per heavy atom. The van der Waals surface area contributed by atoms with Crippen molar-refractivity contribution in [3.63, 3.8) is 0 Å². The Morgan fingerprint density at radius 3 is 1.81 bits per heavy atom. The van der Waals surface area contributed by atoms with E-state index in [2.05, 4.69) is 10.1 Å². The van der Waals surface area contributed by atoms with E-state index in [4.69, 9.17) is 0 Å². The molecule has 0 N–H and O–H groups in total. The normalized spacial score (nSPS) is 11.6. The van der Waals surface area contributed by atoms with Gasteiger partial charge in [-0.05, 0) is 35.4 Å². The van der Waals surface area contributed by atoms with Gasteiger partial charge in [-0.3, -0.25) is 4.35 Å². The monoisotopic (exact) mass is 301 g/mol. The van der Waals surface area contributed by atoms with Gasteiger partial charge in [0.1, 0.15) is 24.3 Å². The van der Waals surface area contributed by atoms with Crippen LogP contribution in [0.25, 0.3) is 0 Å². The van der Waals surface area contributed by atoms with Crippen molar-refractivity contribution in [2.24, 2.45) is 0 Å². The van der Waals surface area contributed by atoms with Crippen LogP contribution in [-0.2, 0) is 0 Å². The Labute approximate surface area is 123 Å². The maximum absolute atomic E-state index is 13.1. The molecule has 0 fully saturated rings. The lowest BCUT2D eigenvalue weighted by molar-refractivity contribution is 0.626. The van der Waals surface area contributed by atoms with Gasteiger partial charge in [-0.1, -0.05) is 24.3 Å². The second-order valence-electron chi connectivity index (χ2n) is 4.77. The topological polar surface area (TPSA) is 30.7 Å². The van der Waals surface area contributed by atoms with E-state index in [1.165, 1.54) is 30.6 Å². The van der Waals surface area contributed by atoms with Crippen LogP contribution in [0.15, 0.2) is 61.2 Å². The first-order valence-electron chi connectivity index (χ1n) is 6.56. The van der Waals surface area contributed by atoms with Crippen LogP contribution in [0, 0.1) is 11.6 Å². The van der Waals surface area contributed by atoms with Crippen LogP contribution in [0.1, 0.15) is 16.7 Å². The van der Waals surface area contributed by atoms with E-state index in [0.717, 1.165) is 11.1 Å². The van der Waals surface area contributed by atoms with Crippen LogP contribution in [-0.4, -0.2) is 24.1 Å². The van der Waals surface area contributed by atoms with Gasteiger partial charge in [0.2, 0.25) is 0 Å². The fraction of sp³-hybridized carbons (Fsp3) is 0.0667. The Morgan fingerprint density at radius 2 is 1.38 bits per heavy atom. The van der Waals surface area contributed by atoms with Gasteiger partial charge in [0.15, 0.2) is 9.68 Å². The first-order valence-corrected chi connectivity index (χ1v) is 8.00. The summed E-state index contributed by atoms with van der Waals surface area (Å²) < 4.78 is 28.1. The van der Waals surface area contributed by atoms with Crippen LogP contribution in [0.2, 0.25) is 0 Å². The summed E-state index contributed by atoms with van der Waals surface area (Å²) in [6.45, 7) is 0. The minimum atomic E-state index is -0.878. The van der Waals surface area contributed by atoms with Gasteiger partial charge < -0.3 is 0 Å². The molecule has 0 aliphatic rings. The van der Waals surface area contributed by atoms with E-state index < -0.39 is 9.68 Å². The fourth-order valence-electron chi connectivity index (χ4n) is 2.31. The second kappa shape index (κ2) is 5.97. The predicted octanol–water partition coefficient (Wildman–Crippen LogP) is 2.28. The minimum Gasteiger partial charge on any atom is -0.290 e. The zero-order valence-corrected chi connectivity index (χ0v) is 12.6. The van der Waals surface area contributed by atoms with Gasteiger partial charge in [0.05, 0.1) is 0 Å². The molecule has 1 aromatic heterocycles. The number of hydrogen-bond donors (Lipinski definition) is 0. The number of halogens is 2. The minimum absolute atomic E-state index is 0.0906. The summed E-state index contributed by atoms with van der Waals surface area (Å²) >= 11 is 0. The highest BCUT2D eigenvalue weighted by Crippen LogP contribution is 2.24. The first kappa shape index (κ1) is 13.6. The molecule has 6 heteroatoms. The van der Waals surface area contributed by atoms with E-state index in [-0.39, 0.29) is 17.2 Å². The van der Waals surface area contributed by atoms with E-state index >= 15 is 0 Å². The molecule has 0 unspecified atom stereocenters. The van der Waals surface area contributed by atoms with Crippen LogP contribution in [0.5, 0.6) is 0 Å². The van der Waals surface area contributed by atoms with Gasteiger partial charge in [-0.2, -0.15) is 5.10 Å². The molecular weight excluding hydrogens is 288 g/mol. The summed E-state index contributed by atoms with van der Waals surface area (Å²) in [7, 11) is -0.878. The Kier molecular flexibility index (Phi) is 3.87. The van der Waals surface area contributed by atoms with Crippen LogP contribution in [0.4, 0.5) is 8.78 Å². The Bertz CT molecular complexity index is 651. The highest BCUT2D eigenvalue weighted by Gasteiger charge is 2.16. The molecule has 0 atom stereocenters. The van der Waals surface area contributed by atoms with Crippen LogP contribution < -0.4 is 0 Å². The lowest BCUT2D eigenvalue weighted by atomic mass is 10.0. The fourth-order valence-corrected chi connectivity index (χ4v) is 4.00. The average molecular weight is 301 g/mol. The zero-order chi connectivity index (χ0) is 14.7. The lowest BCUT2D eigenvalue weighted by Crippen LogP contribution is -2.18. The van der Waals surface area contributed by atoms with Crippen LogP contribution in [0.3, 0.4) is 0 Å². The largest absolute Gasteiger partial charge is 0.290 e. The summed E-state index contributed by atoms with van der Waals surface area (Å²) in [4.78, 5) is 3.96. The van der Waals surface area contributed by atoms with E-state index in [0.29, 0.717) is 0 Å². The molecule has 0 saturated carbocycles. The van der Waals surface area contributed by atoms with Crippen molar-refractivity contribution in [1.82, 2.24) is 14.4 Å². The molecule has 0 saturated heterocycles. The molecule has 2 aromatic carbocycles. The number of aromatic nitrogens is 3. The summed E-state index contributed by atoms with van der Waals surface area (Å²) in [6.07, 6.45) is 3.19. The van der Waals surface area contributed by atoms with Crippen molar-refractivity contribution in [2.45, 2.75) is 5.54 Å². The molecule has 21 heavy (non-hydrogen) atoms. The van der Waals surface area contributed by atoms with Gasteiger partial charge in [0.25, 0.3) is 0 Å². The second-order valence-corrected chi connectivity index (χ2v) is 6.60. The maximum Gasteiger partial charge on any atom is 0.168 e. The third kappa shape index (κ3) is 3.22. The SMILES string of the molecule is Fc1ccc(C([SiH2]n2cncn2)c2ccc(F)cc2)cc1. The number of rotatable bonds is 4. The molecule has 0 spiro atoms. The average Bonchev–Trinajstić information content (AvgIpc) is 3.00. The molecule has 3 nitrogen and oxygen atoms in total. The van der Waals surface area contributed by atoms with Gasteiger partial charge in [-0.15, -0.1) is 0 Å². The van der Waals surface area contributed by atoms with Crippen molar-refractivity contribution in [2.75, 3.05) is 0 Å². The summed E-state index contributed by atoms with van der Waals surface area (Å²) in [5, 5.41) is 4.16. The van der Waals surface area contributed by atoms with Gasteiger partial charge >= 0.3 is 0 Å². The number of nitrogens with zero attached hydrogens (tertiary/aromatic N) is 3. The highest BCUT2D eigenvalue weighted by molar-refractivity contribution is 6.36. The standard InChI is InChI=1S/C15H13F2N3Si/c16-13-5-1-11(2-6-13)15(21-20-10-18-9-19-20)12-3-7-14(17)8-4-12/h1-10,15H,21H2. The van der Waals surface area contributed by atoms with E-state index in [1.807, 2.05) is 4.35 Å². The summed E-state index contributed by atoms with van der Waals surface area (Å²) in [5.41, 5.74) is 2.10. The highest BCUT2D eigenvalue weighted by atomic mass is 28.2. The van der Waals surface area contributed by atoms with Crippen molar-refractivity contribution in [1.29, 1.82) is 0 Å². The molecule has 3 rings (SSSR count). The molecular formula is C15H13F2N3Si. The molecule has 0 aliphatic heterocycles. The molecule has 0 radical (unpaired) electrons. The predicted molar refractivity (Wildman–Crippen MR) is 78.6 cm³/mol. The van der Waals surface area contributed by atoms with E-state index in [9.17, 15) is 8.78 Å². The van der Waals surface area contributed by atoms with Crippen molar-refractivity contribution in [3.8, 4) is 0 Å². The maximum atomic E-state index is 13.1. The molecule has 0 amide bonds. The van der Waals surface area contributed by atoms with Crippen molar-refractivity contribution in [3.05, 3.63) is 83.9 Å². The molecule has 3 aromatic rings. The number of benzene rings is 2. The first-order chi connectivity index (χ1) is 10.2. The molecule has 106 valence electrons. The summed E-state index contributed by atoms with van der Waals surface area (Å²) in [6, 6.07) is 12.9. The van der Waals surface area contributed by atoms with Gasteiger partial charge in [0, 0.05) is 5.54 Å². The Hall–Kier alpha value is -2.34. The Balaban J connectivity index is 1.97. The van der Waals surface area contributed by atoms with Crippen molar-refractivity contribution < 1.29 is 8.78 Å².